The molecule has 1 fully saturated rings. The van der Waals surface area contributed by atoms with E-state index in [1.807, 2.05) is 6.92 Å². The molecule has 3 heteroatoms. The van der Waals surface area contributed by atoms with Gasteiger partial charge in [0.25, 0.3) is 0 Å². The molecule has 0 saturated heterocycles. The smallest absolute Gasteiger partial charge is 0.148 e. The Morgan fingerprint density at radius 3 is 2.83 bits per heavy atom. The van der Waals surface area contributed by atoms with E-state index in [-0.39, 0.29) is 0 Å². The van der Waals surface area contributed by atoms with Crippen molar-refractivity contribution >= 4 is 5.69 Å². The largest absolute Gasteiger partial charge is 0.488 e. The molecule has 0 radical (unpaired) electrons. The molecule has 1 heterocycles. The molecule has 1 aromatic heterocycles. The van der Waals surface area contributed by atoms with E-state index < -0.39 is 0 Å². The Labute approximate surface area is 71.6 Å². The lowest BCUT2D eigenvalue weighted by Crippen LogP contribution is -2.02. The van der Waals surface area contributed by atoms with Gasteiger partial charge >= 0.3 is 0 Å². The van der Waals surface area contributed by atoms with Crippen LogP contribution in [0, 0.1) is 6.92 Å². The van der Waals surface area contributed by atoms with Gasteiger partial charge in [-0.25, -0.2) is 0 Å². The molecule has 0 amide bonds. The van der Waals surface area contributed by atoms with Crippen molar-refractivity contribution in [3.8, 4) is 5.75 Å². The van der Waals surface area contributed by atoms with Gasteiger partial charge in [0.15, 0.2) is 0 Å². The number of hydrogen-bond acceptors (Lipinski definition) is 3. The average Bonchev–Trinajstić information content (AvgIpc) is 2.80. The number of nitrogens with two attached hydrogens (primary N) is 1. The van der Waals surface area contributed by atoms with E-state index in [0.717, 1.165) is 24.2 Å². The lowest BCUT2D eigenvalue weighted by molar-refractivity contribution is 0.302. The zero-order valence-corrected chi connectivity index (χ0v) is 7.08. The summed E-state index contributed by atoms with van der Waals surface area (Å²) in [5.74, 6) is 0.813. The topological polar surface area (TPSA) is 48.1 Å². The van der Waals surface area contributed by atoms with Gasteiger partial charge in [0.1, 0.15) is 5.75 Å². The molecule has 1 saturated carbocycles. The summed E-state index contributed by atoms with van der Waals surface area (Å²) in [5.41, 5.74) is 7.37. The fourth-order valence-electron chi connectivity index (χ4n) is 1.09. The second kappa shape index (κ2) is 2.66. The number of pyridine rings is 1. The third-order valence-corrected chi connectivity index (χ3v) is 1.91. The van der Waals surface area contributed by atoms with E-state index in [2.05, 4.69) is 4.98 Å². The standard InChI is InChI=1S/C9H12N2O/c1-6-4-11-5-8(10)9(6)12-7-2-3-7/h4-5,7H,2-3,10H2,1H3. The Bertz CT molecular complexity index is 274. The number of aryl methyl sites for hydroxylation is 1. The van der Waals surface area contributed by atoms with Crippen molar-refractivity contribution in [2.45, 2.75) is 25.9 Å². The van der Waals surface area contributed by atoms with Crippen LogP contribution in [-0.4, -0.2) is 11.1 Å². The molecule has 0 aliphatic heterocycles. The van der Waals surface area contributed by atoms with Crippen LogP contribution in [-0.2, 0) is 0 Å². The number of ether oxygens (including phenoxy) is 1. The summed E-state index contributed by atoms with van der Waals surface area (Å²) in [4.78, 5) is 3.97. The molecule has 2 rings (SSSR count). The van der Waals surface area contributed by atoms with Gasteiger partial charge in [-0.15, -0.1) is 0 Å². The lowest BCUT2D eigenvalue weighted by atomic mass is 10.2. The number of aromatic nitrogens is 1. The molecule has 2 N–H and O–H groups in total. The Balaban J connectivity index is 2.26. The third-order valence-electron chi connectivity index (χ3n) is 1.91. The van der Waals surface area contributed by atoms with Crippen molar-refractivity contribution in [3.63, 3.8) is 0 Å². The first-order valence-electron chi connectivity index (χ1n) is 4.14. The minimum atomic E-state index is 0.397. The molecule has 0 bridgehead atoms. The maximum atomic E-state index is 5.71. The molecule has 1 aliphatic carbocycles. The molecule has 3 nitrogen and oxygen atoms in total. The summed E-state index contributed by atoms with van der Waals surface area (Å²) in [6, 6.07) is 0. The molecule has 0 aromatic carbocycles. The lowest BCUT2D eigenvalue weighted by Gasteiger charge is -2.09. The number of nitrogen functional groups attached to an aromatic ring is 1. The van der Waals surface area contributed by atoms with Crippen molar-refractivity contribution in [2.24, 2.45) is 0 Å². The van der Waals surface area contributed by atoms with Crippen LogP contribution in [0.3, 0.4) is 0 Å². The van der Waals surface area contributed by atoms with E-state index in [9.17, 15) is 0 Å². The summed E-state index contributed by atoms with van der Waals surface area (Å²) >= 11 is 0. The van der Waals surface area contributed by atoms with E-state index in [0.29, 0.717) is 11.8 Å². The summed E-state index contributed by atoms with van der Waals surface area (Å²) < 4.78 is 5.62. The zero-order valence-electron chi connectivity index (χ0n) is 7.08. The van der Waals surface area contributed by atoms with Gasteiger partial charge in [-0.1, -0.05) is 0 Å². The van der Waals surface area contributed by atoms with E-state index in [1.165, 1.54) is 0 Å². The van der Waals surface area contributed by atoms with Crippen LogP contribution in [0.5, 0.6) is 5.75 Å². The Morgan fingerprint density at radius 1 is 1.50 bits per heavy atom. The van der Waals surface area contributed by atoms with Crippen molar-refractivity contribution in [3.05, 3.63) is 18.0 Å². The molecule has 1 aromatic rings. The maximum Gasteiger partial charge on any atom is 0.148 e. The molecule has 0 unspecified atom stereocenters. The molecular weight excluding hydrogens is 152 g/mol. The number of anilines is 1. The van der Waals surface area contributed by atoms with E-state index in [1.54, 1.807) is 12.4 Å². The van der Waals surface area contributed by atoms with Crippen LogP contribution in [0.1, 0.15) is 18.4 Å². The Kier molecular flexibility index (Phi) is 1.64. The van der Waals surface area contributed by atoms with Crippen LogP contribution in [0.2, 0.25) is 0 Å². The van der Waals surface area contributed by atoms with Gasteiger partial charge in [0.05, 0.1) is 18.0 Å². The van der Waals surface area contributed by atoms with Crippen LogP contribution in [0.25, 0.3) is 0 Å². The van der Waals surface area contributed by atoms with Gasteiger partial charge in [-0.2, -0.15) is 0 Å². The highest BCUT2D eigenvalue weighted by Gasteiger charge is 2.24. The first-order chi connectivity index (χ1) is 5.77. The van der Waals surface area contributed by atoms with Crippen molar-refractivity contribution in [1.29, 1.82) is 0 Å². The molecule has 1 aliphatic rings. The quantitative estimate of drug-likeness (QED) is 0.720. The molecule has 64 valence electrons. The predicted octanol–water partition coefficient (Wildman–Crippen LogP) is 1.51. The van der Waals surface area contributed by atoms with Crippen LogP contribution >= 0.6 is 0 Å². The van der Waals surface area contributed by atoms with Gasteiger partial charge in [0, 0.05) is 11.8 Å². The fourth-order valence-corrected chi connectivity index (χ4v) is 1.09. The van der Waals surface area contributed by atoms with E-state index >= 15 is 0 Å². The minimum Gasteiger partial charge on any atom is -0.488 e. The van der Waals surface area contributed by atoms with Crippen LogP contribution in [0.4, 0.5) is 5.69 Å². The van der Waals surface area contributed by atoms with Crippen molar-refractivity contribution < 1.29 is 4.74 Å². The van der Waals surface area contributed by atoms with Gasteiger partial charge in [-0.3, -0.25) is 4.98 Å². The summed E-state index contributed by atoms with van der Waals surface area (Å²) in [7, 11) is 0. The van der Waals surface area contributed by atoms with Crippen LogP contribution in [0.15, 0.2) is 12.4 Å². The monoisotopic (exact) mass is 164 g/mol. The summed E-state index contributed by atoms with van der Waals surface area (Å²) in [6.07, 6.45) is 6.11. The van der Waals surface area contributed by atoms with E-state index in [4.69, 9.17) is 10.5 Å². The van der Waals surface area contributed by atoms with Gasteiger partial charge < -0.3 is 10.5 Å². The zero-order chi connectivity index (χ0) is 8.55. The predicted molar refractivity (Wildman–Crippen MR) is 47.0 cm³/mol. The normalized spacial score (nSPS) is 16.1. The van der Waals surface area contributed by atoms with Crippen molar-refractivity contribution in [1.82, 2.24) is 4.98 Å². The van der Waals surface area contributed by atoms with Crippen LogP contribution < -0.4 is 10.5 Å². The minimum absolute atomic E-state index is 0.397. The highest BCUT2D eigenvalue weighted by atomic mass is 16.5. The average molecular weight is 164 g/mol. The van der Waals surface area contributed by atoms with Gasteiger partial charge in [-0.05, 0) is 19.8 Å². The van der Waals surface area contributed by atoms with Gasteiger partial charge in [0.2, 0.25) is 0 Å². The molecule has 12 heavy (non-hydrogen) atoms. The SMILES string of the molecule is Cc1cncc(N)c1OC1CC1. The summed E-state index contributed by atoms with van der Waals surface area (Å²) in [5, 5.41) is 0. The molecular formula is C9H12N2O. The number of nitrogens with zero attached hydrogens (tertiary/aromatic N) is 1. The second-order valence-electron chi connectivity index (χ2n) is 3.19. The number of rotatable bonds is 2. The second-order valence-corrected chi connectivity index (χ2v) is 3.19. The fraction of sp³-hybridized carbons (Fsp3) is 0.444. The maximum absolute atomic E-state index is 5.71. The Morgan fingerprint density at radius 2 is 2.25 bits per heavy atom. The third kappa shape index (κ3) is 1.35. The highest BCUT2D eigenvalue weighted by Crippen LogP contribution is 2.32. The first-order valence-corrected chi connectivity index (χ1v) is 4.14. The summed E-state index contributed by atoms with van der Waals surface area (Å²) in [6.45, 7) is 1.96. The van der Waals surface area contributed by atoms with Crippen molar-refractivity contribution in [2.75, 3.05) is 5.73 Å². The first kappa shape index (κ1) is 7.40. The highest BCUT2D eigenvalue weighted by molar-refractivity contribution is 5.54. The molecule has 0 spiro atoms. The molecule has 0 atom stereocenters. The Hall–Kier alpha value is -1.25. The number of hydrogen-bond donors (Lipinski definition) is 1.